The highest BCUT2D eigenvalue weighted by atomic mass is 16.4. The second-order valence-electron chi connectivity index (χ2n) is 11.4. The van der Waals surface area contributed by atoms with Crippen LogP contribution in [0.1, 0.15) is 87.4 Å². The van der Waals surface area contributed by atoms with Gasteiger partial charge in [0.15, 0.2) is 5.76 Å². The first-order chi connectivity index (χ1) is 18.2. The molecule has 0 spiro atoms. The first kappa shape index (κ1) is 29.7. The predicted molar refractivity (Wildman–Crippen MR) is 157 cm³/mol. The quantitative estimate of drug-likeness (QED) is 0.250. The van der Waals surface area contributed by atoms with Crippen molar-refractivity contribution in [1.82, 2.24) is 15.1 Å². The lowest BCUT2D eigenvalue weighted by Gasteiger charge is -2.23. The van der Waals surface area contributed by atoms with Crippen molar-refractivity contribution in [3.8, 4) is 0 Å². The third-order valence-corrected chi connectivity index (χ3v) is 7.12. The number of hydrogen-bond acceptors (Lipinski definition) is 4. The number of hydrogen-bond donors (Lipinski definition) is 1. The molecule has 1 atom stereocenters. The molecule has 0 fully saturated rings. The summed E-state index contributed by atoms with van der Waals surface area (Å²) in [6.45, 7) is 18.6. The average Bonchev–Trinajstić information content (AvgIpc) is 3.36. The summed E-state index contributed by atoms with van der Waals surface area (Å²) in [4.78, 5) is 17.6. The Labute approximate surface area is 230 Å². The van der Waals surface area contributed by atoms with E-state index in [2.05, 4.69) is 105 Å². The molecule has 5 heteroatoms. The number of rotatable bonds is 14. The molecule has 2 aromatic carbocycles. The number of nitrogens with one attached hydrogen (secondary N) is 1. The number of carbonyl (C=O) groups excluding carboxylic acids is 1. The van der Waals surface area contributed by atoms with Crippen LogP contribution in [0.2, 0.25) is 0 Å². The molecule has 1 unspecified atom stereocenters. The van der Waals surface area contributed by atoms with E-state index < -0.39 is 0 Å². The van der Waals surface area contributed by atoms with E-state index in [1.807, 2.05) is 12.1 Å². The van der Waals surface area contributed by atoms with Gasteiger partial charge in [0.2, 0.25) is 0 Å². The molecule has 0 radical (unpaired) electrons. The summed E-state index contributed by atoms with van der Waals surface area (Å²) in [7, 11) is 0. The van der Waals surface area contributed by atoms with Crippen LogP contribution in [0.15, 0.2) is 71.1 Å². The summed E-state index contributed by atoms with van der Waals surface area (Å²) in [5.41, 5.74) is 3.98. The van der Waals surface area contributed by atoms with Gasteiger partial charge in [0, 0.05) is 19.1 Å². The van der Waals surface area contributed by atoms with Crippen molar-refractivity contribution in [2.45, 2.75) is 85.5 Å². The molecular weight excluding hydrogens is 470 g/mol. The zero-order valence-corrected chi connectivity index (χ0v) is 24.3. The van der Waals surface area contributed by atoms with E-state index in [0.29, 0.717) is 12.3 Å². The van der Waals surface area contributed by atoms with Crippen LogP contribution < -0.4 is 5.32 Å². The molecule has 0 aliphatic carbocycles. The van der Waals surface area contributed by atoms with E-state index >= 15 is 0 Å². The molecule has 0 aliphatic heterocycles. The van der Waals surface area contributed by atoms with Gasteiger partial charge in [-0.2, -0.15) is 0 Å². The Balaban J connectivity index is 1.62. The van der Waals surface area contributed by atoms with Gasteiger partial charge >= 0.3 is 0 Å². The zero-order valence-electron chi connectivity index (χ0n) is 24.3. The Kier molecular flexibility index (Phi) is 11.2. The Morgan fingerprint density at radius 3 is 2.08 bits per heavy atom. The summed E-state index contributed by atoms with van der Waals surface area (Å²) < 4.78 is 6.03. The van der Waals surface area contributed by atoms with Gasteiger partial charge in [-0.25, -0.2) is 0 Å². The van der Waals surface area contributed by atoms with Crippen molar-refractivity contribution >= 4 is 5.91 Å². The molecule has 1 heterocycles. The Morgan fingerprint density at radius 1 is 0.842 bits per heavy atom. The monoisotopic (exact) mass is 517 g/mol. The Bertz CT molecular complexity index is 1100. The minimum atomic E-state index is -0.140. The van der Waals surface area contributed by atoms with Crippen molar-refractivity contribution in [2.24, 2.45) is 0 Å². The minimum absolute atomic E-state index is 0.109. The van der Waals surface area contributed by atoms with E-state index in [1.54, 1.807) is 6.07 Å². The van der Waals surface area contributed by atoms with Gasteiger partial charge in [0.1, 0.15) is 5.76 Å². The lowest BCUT2D eigenvalue weighted by molar-refractivity contribution is 0.0904. The molecule has 1 amide bonds. The maximum atomic E-state index is 12.8. The molecule has 1 N–H and O–H groups in total. The summed E-state index contributed by atoms with van der Waals surface area (Å²) in [5, 5.41) is 3.10. The number of furan rings is 1. The number of amides is 1. The summed E-state index contributed by atoms with van der Waals surface area (Å²) >= 11 is 0. The third-order valence-electron chi connectivity index (χ3n) is 7.12. The highest BCUT2D eigenvalue weighted by molar-refractivity contribution is 5.91. The highest BCUT2D eigenvalue weighted by Gasteiger charge is 2.17. The molecule has 3 aromatic rings. The molecule has 1 aromatic heterocycles. The first-order valence-corrected chi connectivity index (χ1v) is 14.2. The van der Waals surface area contributed by atoms with E-state index in [-0.39, 0.29) is 17.4 Å². The normalized spacial score (nSPS) is 12.7. The summed E-state index contributed by atoms with van der Waals surface area (Å²) in [6.07, 6.45) is 2.02. The van der Waals surface area contributed by atoms with Crippen molar-refractivity contribution < 1.29 is 9.21 Å². The van der Waals surface area contributed by atoms with Crippen molar-refractivity contribution in [3.63, 3.8) is 0 Å². The fraction of sp³-hybridized carbons (Fsp3) is 0.485. The van der Waals surface area contributed by atoms with Crippen LogP contribution in [0.25, 0.3) is 0 Å². The van der Waals surface area contributed by atoms with Gasteiger partial charge in [-0.1, -0.05) is 89.2 Å². The van der Waals surface area contributed by atoms with E-state index in [4.69, 9.17) is 4.42 Å². The number of carbonyl (C=O) groups is 1. The van der Waals surface area contributed by atoms with Crippen molar-refractivity contribution in [3.05, 3.63) is 94.9 Å². The van der Waals surface area contributed by atoms with Gasteiger partial charge in [0.25, 0.3) is 5.91 Å². The van der Waals surface area contributed by atoms with Crippen LogP contribution in [0.5, 0.6) is 0 Å². The molecule has 38 heavy (non-hydrogen) atoms. The second-order valence-corrected chi connectivity index (χ2v) is 11.4. The molecule has 5 nitrogen and oxygen atoms in total. The first-order valence-electron chi connectivity index (χ1n) is 14.2. The number of nitrogens with zero attached hydrogens (tertiary/aromatic N) is 2. The SMILES string of the molecule is CCN(CC)CCCC(C)NC(=O)c1ccc(CN(Cc2ccccc2)Cc2ccc(C(C)(C)C)cc2)o1. The van der Waals surface area contributed by atoms with Crippen LogP contribution >= 0.6 is 0 Å². The third kappa shape index (κ3) is 9.45. The Hall–Kier alpha value is -2.89. The van der Waals surface area contributed by atoms with Crippen LogP contribution in [0.3, 0.4) is 0 Å². The summed E-state index contributed by atoms with van der Waals surface area (Å²) in [6, 6.07) is 23.2. The fourth-order valence-electron chi connectivity index (χ4n) is 4.71. The van der Waals surface area contributed by atoms with Crippen molar-refractivity contribution in [2.75, 3.05) is 19.6 Å². The maximum Gasteiger partial charge on any atom is 0.287 e. The minimum Gasteiger partial charge on any atom is -0.455 e. The Morgan fingerprint density at radius 2 is 1.47 bits per heavy atom. The molecule has 3 rings (SSSR count). The fourth-order valence-corrected chi connectivity index (χ4v) is 4.71. The van der Waals surface area contributed by atoms with E-state index in [0.717, 1.165) is 51.3 Å². The molecule has 0 saturated carbocycles. The average molecular weight is 518 g/mol. The lowest BCUT2D eigenvalue weighted by atomic mass is 9.87. The van der Waals surface area contributed by atoms with Crippen LogP contribution in [-0.4, -0.2) is 41.4 Å². The smallest absolute Gasteiger partial charge is 0.287 e. The topological polar surface area (TPSA) is 48.7 Å². The lowest BCUT2D eigenvalue weighted by Crippen LogP contribution is -2.33. The van der Waals surface area contributed by atoms with Gasteiger partial charge in [0.05, 0.1) is 6.54 Å². The largest absolute Gasteiger partial charge is 0.455 e. The second kappa shape index (κ2) is 14.3. The van der Waals surface area contributed by atoms with Crippen LogP contribution in [0.4, 0.5) is 0 Å². The maximum absolute atomic E-state index is 12.8. The molecule has 0 bridgehead atoms. The molecule has 0 saturated heterocycles. The molecule has 206 valence electrons. The molecular formula is C33H47N3O2. The van der Waals surface area contributed by atoms with E-state index in [1.165, 1.54) is 16.7 Å². The van der Waals surface area contributed by atoms with Crippen LogP contribution in [-0.2, 0) is 25.0 Å². The zero-order chi connectivity index (χ0) is 27.5. The standard InChI is InChI=1S/C33H47N3O2/c1-7-35(8-2)22-12-13-26(3)34-32(37)31-21-20-30(38-31)25-36(23-27-14-10-9-11-15-27)24-28-16-18-29(19-17-28)33(4,5)6/h9-11,14-21,26H,7-8,12-13,22-25H2,1-6H3,(H,34,37). The van der Waals surface area contributed by atoms with Gasteiger partial charge in [-0.05, 0) is 73.6 Å². The van der Waals surface area contributed by atoms with Gasteiger partial charge < -0.3 is 14.6 Å². The molecule has 0 aliphatic rings. The van der Waals surface area contributed by atoms with Gasteiger partial charge in [-0.15, -0.1) is 0 Å². The predicted octanol–water partition coefficient (Wildman–Crippen LogP) is 7.02. The summed E-state index contributed by atoms with van der Waals surface area (Å²) in [5.74, 6) is 1.04. The van der Waals surface area contributed by atoms with Crippen molar-refractivity contribution in [1.29, 1.82) is 0 Å². The van der Waals surface area contributed by atoms with E-state index in [9.17, 15) is 4.79 Å². The highest BCUT2D eigenvalue weighted by Crippen LogP contribution is 2.23. The van der Waals surface area contributed by atoms with Gasteiger partial charge in [-0.3, -0.25) is 9.69 Å². The van der Waals surface area contributed by atoms with Crippen LogP contribution in [0, 0.1) is 0 Å². The number of benzene rings is 2.